The number of hydrogen-bond donors (Lipinski definition) is 2. The molecule has 2 N–H and O–H groups in total. The summed E-state index contributed by atoms with van der Waals surface area (Å²) in [6.07, 6.45) is 0. The molecular formula is C18H24N4OS. The molecule has 1 aromatic heterocycles. The number of guanidine groups is 1. The van der Waals surface area contributed by atoms with Gasteiger partial charge in [-0.3, -0.25) is 9.79 Å². The molecule has 6 heteroatoms. The first kappa shape index (κ1) is 18.0. The van der Waals surface area contributed by atoms with Crippen LogP contribution in [-0.2, 0) is 13.1 Å². The maximum Gasteiger partial charge on any atom is 0.253 e. The van der Waals surface area contributed by atoms with Gasteiger partial charge in [-0.1, -0.05) is 12.1 Å². The van der Waals surface area contributed by atoms with Crippen LogP contribution in [0.15, 0.2) is 41.4 Å². The molecule has 0 bridgehead atoms. The number of benzene rings is 1. The summed E-state index contributed by atoms with van der Waals surface area (Å²) < 4.78 is 0. The van der Waals surface area contributed by atoms with E-state index in [1.54, 1.807) is 37.4 Å². The highest BCUT2D eigenvalue weighted by Crippen LogP contribution is 2.14. The summed E-state index contributed by atoms with van der Waals surface area (Å²) >= 11 is 1.78. The molecule has 0 fully saturated rings. The Morgan fingerprint density at radius 2 is 1.75 bits per heavy atom. The van der Waals surface area contributed by atoms with Crippen LogP contribution in [0.2, 0.25) is 0 Å². The number of nitrogens with zero attached hydrogens (tertiary/aromatic N) is 2. The highest BCUT2D eigenvalue weighted by atomic mass is 32.1. The molecule has 0 aliphatic rings. The van der Waals surface area contributed by atoms with E-state index in [1.165, 1.54) is 9.75 Å². The molecule has 2 rings (SSSR count). The van der Waals surface area contributed by atoms with Crippen LogP contribution in [0.25, 0.3) is 0 Å². The number of carbonyl (C=O) groups is 1. The topological polar surface area (TPSA) is 56.7 Å². The number of nitrogens with one attached hydrogen (secondary N) is 2. The van der Waals surface area contributed by atoms with Gasteiger partial charge in [0.15, 0.2) is 5.96 Å². The zero-order valence-corrected chi connectivity index (χ0v) is 15.4. The molecule has 1 heterocycles. The molecule has 0 radical (unpaired) electrons. The summed E-state index contributed by atoms with van der Waals surface area (Å²) in [5, 5.41) is 6.58. The fourth-order valence-corrected chi connectivity index (χ4v) is 3.01. The molecule has 0 saturated heterocycles. The molecule has 0 spiro atoms. The lowest BCUT2D eigenvalue weighted by molar-refractivity contribution is 0.0827. The number of amides is 1. The van der Waals surface area contributed by atoms with Gasteiger partial charge in [-0.05, 0) is 36.8 Å². The SMILES string of the molecule is CN=C(NCc1ccc(C(=O)N(C)C)cc1)NCc1ccc(C)s1. The highest BCUT2D eigenvalue weighted by Gasteiger charge is 2.07. The monoisotopic (exact) mass is 344 g/mol. The van der Waals surface area contributed by atoms with Crippen molar-refractivity contribution in [1.29, 1.82) is 0 Å². The van der Waals surface area contributed by atoms with Crippen molar-refractivity contribution in [3.63, 3.8) is 0 Å². The number of carbonyl (C=O) groups excluding carboxylic acids is 1. The van der Waals surface area contributed by atoms with Crippen molar-refractivity contribution >= 4 is 23.2 Å². The predicted molar refractivity (Wildman–Crippen MR) is 101 cm³/mol. The largest absolute Gasteiger partial charge is 0.352 e. The molecule has 2 aromatic rings. The van der Waals surface area contributed by atoms with E-state index in [4.69, 9.17) is 0 Å². The Kier molecular flexibility index (Phi) is 6.37. The van der Waals surface area contributed by atoms with Crippen LogP contribution in [0, 0.1) is 6.92 Å². The fourth-order valence-electron chi connectivity index (χ4n) is 2.18. The van der Waals surface area contributed by atoms with Crippen LogP contribution in [0.1, 0.15) is 25.7 Å². The number of hydrogen-bond acceptors (Lipinski definition) is 3. The average Bonchev–Trinajstić information content (AvgIpc) is 3.00. The minimum Gasteiger partial charge on any atom is -0.352 e. The van der Waals surface area contributed by atoms with Crippen LogP contribution in [0.4, 0.5) is 0 Å². The summed E-state index contributed by atoms with van der Waals surface area (Å²) in [6, 6.07) is 11.9. The van der Waals surface area contributed by atoms with Gasteiger partial charge in [0.25, 0.3) is 5.91 Å². The summed E-state index contributed by atoms with van der Waals surface area (Å²) in [7, 11) is 5.26. The molecule has 1 amide bonds. The number of aliphatic imine (C=N–C) groups is 1. The van der Waals surface area contributed by atoms with Gasteiger partial charge in [0, 0.05) is 43.0 Å². The standard InChI is InChI=1S/C18H24N4OS/c1-13-5-10-16(24-13)12-21-18(19-2)20-11-14-6-8-15(9-7-14)17(23)22(3)4/h5-10H,11-12H2,1-4H3,(H2,19,20,21). The lowest BCUT2D eigenvalue weighted by atomic mass is 10.1. The van der Waals surface area contributed by atoms with E-state index in [0.29, 0.717) is 12.1 Å². The van der Waals surface area contributed by atoms with Crippen molar-refractivity contribution in [1.82, 2.24) is 15.5 Å². The second-order valence-corrected chi connectivity index (χ2v) is 7.06. The van der Waals surface area contributed by atoms with E-state index in [9.17, 15) is 4.79 Å². The van der Waals surface area contributed by atoms with E-state index >= 15 is 0 Å². The lowest BCUT2D eigenvalue weighted by Crippen LogP contribution is -2.36. The summed E-state index contributed by atoms with van der Waals surface area (Å²) in [5.74, 6) is 0.771. The summed E-state index contributed by atoms with van der Waals surface area (Å²) in [5.41, 5.74) is 1.79. The Morgan fingerprint density at radius 3 is 2.29 bits per heavy atom. The van der Waals surface area contributed by atoms with Crippen molar-refractivity contribution in [2.24, 2.45) is 4.99 Å². The molecule has 0 aliphatic carbocycles. The quantitative estimate of drug-likeness (QED) is 0.648. The van der Waals surface area contributed by atoms with Crippen molar-refractivity contribution in [3.8, 4) is 0 Å². The molecular weight excluding hydrogens is 320 g/mol. The van der Waals surface area contributed by atoms with Crippen LogP contribution in [0.5, 0.6) is 0 Å². The van der Waals surface area contributed by atoms with Gasteiger partial charge < -0.3 is 15.5 Å². The van der Waals surface area contributed by atoms with E-state index in [-0.39, 0.29) is 5.91 Å². The van der Waals surface area contributed by atoms with Crippen molar-refractivity contribution in [2.75, 3.05) is 21.1 Å². The average molecular weight is 344 g/mol. The summed E-state index contributed by atoms with van der Waals surface area (Å²) in [6.45, 7) is 3.51. The fraction of sp³-hybridized carbons (Fsp3) is 0.333. The third kappa shape index (κ3) is 5.09. The van der Waals surface area contributed by atoms with Crippen LogP contribution in [0.3, 0.4) is 0 Å². The number of aryl methyl sites for hydroxylation is 1. The smallest absolute Gasteiger partial charge is 0.253 e. The van der Waals surface area contributed by atoms with Gasteiger partial charge in [0.05, 0.1) is 6.54 Å². The van der Waals surface area contributed by atoms with E-state index < -0.39 is 0 Å². The second-order valence-electron chi connectivity index (χ2n) is 5.69. The molecule has 1 aromatic carbocycles. The van der Waals surface area contributed by atoms with Crippen molar-refractivity contribution in [3.05, 3.63) is 57.3 Å². The van der Waals surface area contributed by atoms with E-state index in [0.717, 1.165) is 18.1 Å². The predicted octanol–water partition coefficient (Wildman–Crippen LogP) is 2.62. The van der Waals surface area contributed by atoms with Crippen molar-refractivity contribution < 1.29 is 4.79 Å². The van der Waals surface area contributed by atoms with Gasteiger partial charge in [-0.25, -0.2) is 0 Å². The van der Waals surface area contributed by atoms with Gasteiger partial charge in [0.1, 0.15) is 0 Å². The zero-order chi connectivity index (χ0) is 17.5. The first-order valence-electron chi connectivity index (χ1n) is 7.80. The maximum absolute atomic E-state index is 11.9. The van der Waals surface area contributed by atoms with E-state index in [2.05, 4.69) is 34.7 Å². The number of rotatable bonds is 5. The first-order valence-corrected chi connectivity index (χ1v) is 8.61. The van der Waals surface area contributed by atoms with Gasteiger partial charge in [-0.2, -0.15) is 0 Å². The Bertz CT molecular complexity index is 704. The van der Waals surface area contributed by atoms with Gasteiger partial charge in [-0.15, -0.1) is 11.3 Å². The third-order valence-corrected chi connectivity index (χ3v) is 4.52. The molecule has 0 aliphatic heterocycles. The van der Waals surface area contributed by atoms with Gasteiger partial charge in [0.2, 0.25) is 0 Å². The summed E-state index contributed by atoms with van der Waals surface area (Å²) in [4.78, 5) is 20.3. The number of thiophene rings is 1. The maximum atomic E-state index is 11.9. The highest BCUT2D eigenvalue weighted by molar-refractivity contribution is 7.11. The second kappa shape index (κ2) is 8.49. The Labute approximate surface area is 147 Å². The van der Waals surface area contributed by atoms with E-state index in [1.807, 2.05) is 24.3 Å². The van der Waals surface area contributed by atoms with Crippen molar-refractivity contribution in [2.45, 2.75) is 20.0 Å². The normalized spacial score (nSPS) is 11.2. The molecule has 128 valence electrons. The van der Waals surface area contributed by atoms with Crippen LogP contribution < -0.4 is 10.6 Å². The molecule has 0 atom stereocenters. The molecule has 0 unspecified atom stereocenters. The Balaban J connectivity index is 1.85. The first-order chi connectivity index (χ1) is 11.5. The Morgan fingerprint density at radius 1 is 1.08 bits per heavy atom. The lowest BCUT2D eigenvalue weighted by Gasteiger charge is -2.12. The van der Waals surface area contributed by atoms with Crippen LogP contribution in [-0.4, -0.2) is 37.9 Å². The van der Waals surface area contributed by atoms with Crippen LogP contribution >= 0.6 is 11.3 Å². The minimum absolute atomic E-state index is 0.0122. The minimum atomic E-state index is 0.0122. The Hall–Kier alpha value is -2.34. The zero-order valence-electron chi connectivity index (χ0n) is 14.6. The van der Waals surface area contributed by atoms with Gasteiger partial charge >= 0.3 is 0 Å². The molecule has 0 saturated carbocycles. The third-order valence-electron chi connectivity index (χ3n) is 3.52. The molecule has 24 heavy (non-hydrogen) atoms. The molecule has 5 nitrogen and oxygen atoms in total.